The van der Waals surface area contributed by atoms with Crippen molar-refractivity contribution in [2.75, 3.05) is 20.3 Å². The third-order valence-electron chi connectivity index (χ3n) is 6.78. The molecule has 212 valence electrons. The molecule has 0 fully saturated rings. The lowest BCUT2D eigenvalue weighted by atomic mass is 9.92. The highest BCUT2D eigenvalue weighted by Crippen LogP contribution is 2.43. The molecule has 0 spiro atoms. The maximum absolute atomic E-state index is 15.1. The zero-order chi connectivity index (χ0) is 30.0. The molecule has 8 nitrogen and oxygen atoms in total. The smallest absolute Gasteiger partial charge is 0.465 e. The molecule has 2 heterocycles. The molecular weight excluding hydrogens is 545 g/mol. The van der Waals surface area contributed by atoms with Gasteiger partial charge in [-0.1, -0.05) is 60.7 Å². The number of benzene rings is 3. The Bertz CT molecular complexity index is 1780. The van der Waals surface area contributed by atoms with Crippen molar-refractivity contribution in [2.24, 2.45) is 4.99 Å². The highest BCUT2D eigenvalue weighted by Gasteiger charge is 2.36. The number of esters is 3. The fourth-order valence-electron chi connectivity index (χ4n) is 5.08. The highest BCUT2D eigenvalue weighted by atomic mass is 19.2. The van der Waals surface area contributed by atoms with Crippen molar-refractivity contribution in [1.82, 2.24) is 4.48 Å². The lowest BCUT2D eigenvalue weighted by Crippen LogP contribution is -2.23. The van der Waals surface area contributed by atoms with Gasteiger partial charge in [0.1, 0.15) is 5.69 Å². The number of rotatable bonds is 8. The molecule has 0 unspecified atom stereocenters. The number of hydrogen-bond donors (Lipinski definition) is 0. The number of carbonyl (C=O) groups excluding carboxylic acids is 3. The summed E-state index contributed by atoms with van der Waals surface area (Å²) in [5.41, 5.74) is 1.77. The van der Waals surface area contributed by atoms with Crippen LogP contribution in [0.3, 0.4) is 0 Å². The molecule has 1 aliphatic heterocycles. The van der Waals surface area contributed by atoms with Crippen molar-refractivity contribution in [3.63, 3.8) is 0 Å². The number of nitrogens with zero attached hydrogens (tertiary/aromatic N) is 2. The van der Waals surface area contributed by atoms with Gasteiger partial charge < -0.3 is 18.7 Å². The number of halogens is 2. The molecule has 0 N–H and O–H groups in total. The Balaban J connectivity index is 1.93. The molecule has 1 aromatic heterocycles. The summed E-state index contributed by atoms with van der Waals surface area (Å²) in [6.45, 7) is 3.36. The van der Waals surface area contributed by atoms with Crippen molar-refractivity contribution in [2.45, 2.75) is 13.8 Å². The van der Waals surface area contributed by atoms with Gasteiger partial charge in [0.2, 0.25) is 0 Å². The second kappa shape index (κ2) is 11.8. The summed E-state index contributed by atoms with van der Waals surface area (Å²) in [6, 6.07) is 19.6. The Morgan fingerprint density at radius 3 is 1.88 bits per heavy atom. The SMILES string of the molecule is CCOC(=O)C1=N/C(=C(/c2ccc(C(=O)OC)cc2)c2c3ccccc3c(C(=O)OCC)n2B(F)F)c2ccccc21. The minimum Gasteiger partial charge on any atom is -0.465 e. The standard InChI is InChI=1S/C31H25BF2N2O6/c1-4-41-30(38)26-21-11-7-6-10-20(21)25(35-26)24(18-14-16-19(17-15-18)29(37)40-3)27-22-12-8-9-13-23(22)28(31(39)42-5-2)36(27)32(33)34/h6-17H,4-5H2,1-3H3/b25-24-. The van der Waals surface area contributed by atoms with Crippen LogP contribution in [-0.2, 0) is 19.0 Å². The van der Waals surface area contributed by atoms with Crippen LogP contribution in [0.15, 0.2) is 77.8 Å². The van der Waals surface area contributed by atoms with Gasteiger partial charge in [0.15, 0.2) is 5.71 Å². The summed E-state index contributed by atoms with van der Waals surface area (Å²) >= 11 is 0. The number of methoxy groups -OCH3 is 1. The van der Waals surface area contributed by atoms with Crippen molar-refractivity contribution in [3.8, 4) is 0 Å². The Kier molecular flexibility index (Phi) is 8.01. The first kappa shape index (κ1) is 28.5. The maximum atomic E-state index is 15.1. The predicted molar refractivity (Wildman–Crippen MR) is 155 cm³/mol. The molecule has 0 saturated heterocycles. The van der Waals surface area contributed by atoms with E-state index in [-0.39, 0.29) is 52.5 Å². The first-order valence-electron chi connectivity index (χ1n) is 13.2. The average Bonchev–Trinajstić information content (AvgIpc) is 3.55. The predicted octanol–water partition coefficient (Wildman–Crippen LogP) is 5.66. The highest BCUT2D eigenvalue weighted by molar-refractivity contribution is 6.47. The van der Waals surface area contributed by atoms with Gasteiger partial charge >= 0.3 is 25.3 Å². The molecule has 42 heavy (non-hydrogen) atoms. The van der Waals surface area contributed by atoms with Gasteiger partial charge in [-0.15, -0.1) is 0 Å². The third kappa shape index (κ3) is 4.87. The quantitative estimate of drug-likeness (QED) is 0.154. The van der Waals surface area contributed by atoms with Crippen LogP contribution in [0.2, 0.25) is 0 Å². The summed E-state index contributed by atoms with van der Waals surface area (Å²) in [6.07, 6.45) is 0. The van der Waals surface area contributed by atoms with Gasteiger partial charge in [-0.3, -0.25) is 8.63 Å². The Hall–Kier alpha value is -5.06. The lowest BCUT2D eigenvalue weighted by molar-refractivity contribution is -0.134. The van der Waals surface area contributed by atoms with Crippen molar-refractivity contribution in [1.29, 1.82) is 0 Å². The van der Waals surface area contributed by atoms with Gasteiger partial charge in [-0.2, -0.15) is 0 Å². The van der Waals surface area contributed by atoms with Crippen molar-refractivity contribution in [3.05, 3.63) is 106 Å². The lowest BCUT2D eigenvalue weighted by Gasteiger charge is -2.16. The van der Waals surface area contributed by atoms with E-state index in [1.807, 2.05) is 0 Å². The minimum atomic E-state index is -3.15. The van der Waals surface area contributed by atoms with Crippen LogP contribution in [0.1, 0.15) is 57.1 Å². The first-order valence-corrected chi connectivity index (χ1v) is 13.2. The van der Waals surface area contributed by atoms with Gasteiger partial charge in [-0.25, -0.2) is 19.4 Å². The number of fused-ring (bicyclic) bond motifs is 2. The first-order chi connectivity index (χ1) is 20.3. The fraction of sp³-hybridized carbons (Fsp3) is 0.161. The van der Waals surface area contributed by atoms with Crippen molar-refractivity contribution < 1.29 is 37.2 Å². The number of carbonyl (C=O) groups is 3. The minimum absolute atomic E-state index is 0.00636. The van der Waals surface area contributed by atoms with Crippen LogP contribution < -0.4 is 0 Å². The van der Waals surface area contributed by atoms with Crippen LogP contribution in [0.5, 0.6) is 0 Å². The summed E-state index contributed by atoms with van der Waals surface area (Å²) in [4.78, 5) is 42.9. The monoisotopic (exact) mass is 570 g/mol. The summed E-state index contributed by atoms with van der Waals surface area (Å²) in [5, 5.41) is 0.606. The molecule has 0 atom stereocenters. The van der Waals surface area contributed by atoms with E-state index in [1.54, 1.807) is 74.5 Å². The summed E-state index contributed by atoms with van der Waals surface area (Å²) in [5.74, 6) is -2.15. The zero-order valence-corrected chi connectivity index (χ0v) is 23.0. The van der Waals surface area contributed by atoms with E-state index in [0.717, 1.165) is 0 Å². The largest absolute Gasteiger partial charge is 0.678 e. The number of ether oxygens (including phenoxy) is 3. The molecule has 0 amide bonds. The Morgan fingerprint density at radius 2 is 1.29 bits per heavy atom. The summed E-state index contributed by atoms with van der Waals surface area (Å²) < 4.78 is 46.0. The van der Waals surface area contributed by atoms with E-state index >= 15 is 8.63 Å². The maximum Gasteiger partial charge on any atom is 0.678 e. The molecule has 0 bridgehead atoms. The van der Waals surface area contributed by atoms with Crippen LogP contribution in [0.25, 0.3) is 22.0 Å². The third-order valence-corrected chi connectivity index (χ3v) is 6.78. The van der Waals surface area contributed by atoms with E-state index in [0.29, 0.717) is 26.6 Å². The molecule has 0 saturated carbocycles. The second-order valence-corrected chi connectivity index (χ2v) is 9.13. The normalized spacial score (nSPS) is 13.3. The van der Waals surface area contributed by atoms with Crippen LogP contribution in [0, 0.1) is 0 Å². The molecule has 3 aromatic carbocycles. The van der Waals surface area contributed by atoms with E-state index in [4.69, 9.17) is 14.2 Å². The topological polar surface area (TPSA) is 96.2 Å². The molecule has 1 aliphatic rings. The summed E-state index contributed by atoms with van der Waals surface area (Å²) in [7, 11) is -1.90. The number of hydrogen-bond acceptors (Lipinski definition) is 7. The Labute approximate surface area is 240 Å². The zero-order valence-electron chi connectivity index (χ0n) is 23.0. The average molecular weight is 570 g/mol. The van der Waals surface area contributed by atoms with Gasteiger partial charge in [0.25, 0.3) is 0 Å². The molecule has 11 heteroatoms. The van der Waals surface area contributed by atoms with Crippen LogP contribution in [-0.4, -0.2) is 55.8 Å². The van der Waals surface area contributed by atoms with Crippen LogP contribution in [0.4, 0.5) is 8.63 Å². The molecule has 5 rings (SSSR count). The molecule has 0 aliphatic carbocycles. The van der Waals surface area contributed by atoms with E-state index in [2.05, 4.69) is 4.99 Å². The van der Waals surface area contributed by atoms with E-state index < -0.39 is 25.3 Å². The van der Waals surface area contributed by atoms with Crippen LogP contribution >= 0.6 is 0 Å². The van der Waals surface area contributed by atoms with E-state index in [1.165, 1.54) is 19.2 Å². The number of aliphatic imine (C=N–C) groups is 1. The second-order valence-electron chi connectivity index (χ2n) is 9.13. The van der Waals surface area contributed by atoms with E-state index in [9.17, 15) is 14.4 Å². The van der Waals surface area contributed by atoms with Gasteiger partial charge in [0.05, 0.1) is 37.3 Å². The van der Waals surface area contributed by atoms with Gasteiger partial charge in [-0.05, 0) is 31.5 Å². The number of aromatic nitrogens is 1. The fourth-order valence-corrected chi connectivity index (χ4v) is 5.08. The molecular formula is C31H25BF2N2O6. The Morgan fingerprint density at radius 1 is 0.738 bits per heavy atom. The van der Waals surface area contributed by atoms with Gasteiger partial charge in [0, 0.05) is 27.5 Å². The molecule has 0 radical (unpaired) electrons. The van der Waals surface area contributed by atoms with Crippen molar-refractivity contribution >= 4 is 53.1 Å². The molecule has 4 aromatic rings.